The first-order chi connectivity index (χ1) is 11.0. The average Bonchev–Trinajstić information content (AvgIpc) is 3.17. The van der Waals surface area contributed by atoms with Gasteiger partial charge in [0.05, 0.1) is 0 Å². The number of aromatic nitrogens is 2. The number of hydrogen-bond acceptors (Lipinski definition) is 3. The number of carbonyl (C=O) groups excluding carboxylic acids is 1. The lowest BCUT2D eigenvalue weighted by molar-refractivity contribution is 0.0779. The molecule has 5 nitrogen and oxygen atoms in total. The molecule has 0 aliphatic heterocycles. The van der Waals surface area contributed by atoms with E-state index in [4.69, 9.17) is 4.42 Å². The van der Waals surface area contributed by atoms with E-state index in [1.165, 1.54) is 0 Å². The van der Waals surface area contributed by atoms with Crippen LogP contribution in [0.15, 0.2) is 51.4 Å². The van der Waals surface area contributed by atoms with E-state index in [-0.39, 0.29) is 5.91 Å². The second-order valence-electron chi connectivity index (χ2n) is 5.33. The minimum atomic E-state index is -0.147. The van der Waals surface area contributed by atoms with Gasteiger partial charge in [0.15, 0.2) is 11.5 Å². The van der Waals surface area contributed by atoms with Crippen molar-refractivity contribution in [3.05, 3.63) is 64.0 Å². The van der Waals surface area contributed by atoms with Gasteiger partial charge in [0.1, 0.15) is 11.5 Å². The maximum Gasteiger partial charge on any atom is 0.274 e. The van der Waals surface area contributed by atoms with E-state index in [2.05, 4.69) is 26.1 Å². The van der Waals surface area contributed by atoms with Crippen molar-refractivity contribution < 1.29 is 9.21 Å². The Bertz CT molecular complexity index is 838. The van der Waals surface area contributed by atoms with Crippen LogP contribution in [0.1, 0.15) is 21.8 Å². The first kappa shape index (κ1) is 15.6. The average molecular weight is 374 g/mol. The Hall–Kier alpha value is -2.34. The molecule has 0 saturated carbocycles. The number of rotatable bonds is 4. The van der Waals surface area contributed by atoms with E-state index in [0.29, 0.717) is 23.7 Å². The molecular formula is C17H16BrN3O2. The quantitative estimate of drug-likeness (QED) is 0.751. The van der Waals surface area contributed by atoms with Crippen LogP contribution in [0.5, 0.6) is 0 Å². The van der Waals surface area contributed by atoms with E-state index < -0.39 is 0 Å². The minimum Gasteiger partial charge on any atom is -0.460 e. The van der Waals surface area contributed by atoms with Crippen LogP contribution < -0.4 is 0 Å². The summed E-state index contributed by atoms with van der Waals surface area (Å²) in [6, 6.07) is 13.3. The van der Waals surface area contributed by atoms with E-state index in [1.807, 2.05) is 43.3 Å². The molecule has 0 atom stereocenters. The summed E-state index contributed by atoms with van der Waals surface area (Å²) in [5.74, 6) is 1.34. The smallest absolute Gasteiger partial charge is 0.274 e. The van der Waals surface area contributed by atoms with Gasteiger partial charge in [-0.2, -0.15) is 5.10 Å². The van der Waals surface area contributed by atoms with Crippen molar-refractivity contribution in [1.82, 2.24) is 15.1 Å². The topological polar surface area (TPSA) is 62.1 Å². The third-order valence-corrected chi connectivity index (χ3v) is 4.29. The van der Waals surface area contributed by atoms with E-state index >= 15 is 0 Å². The molecule has 0 fully saturated rings. The van der Waals surface area contributed by atoms with Crippen molar-refractivity contribution >= 4 is 21.8 Å². The molecule has 23 heavy (non-hydrogen) atoms. The van der Waals surface area contributed by atoms with Crippen molar-refractivity contribution in [3.8, 4) is 11.5 Å². The molecule has 0 aliphatic rings. The molecule has 1 N–H and O–H groups in total. The number of benzene rings is 1. The Balaban J connectivity index is 1.75. The molecule has 118 valence electrons. The fraction of sp³-hybridized carbons (Fsp3) is 0.176. The fourth-order valence-corrected chi connectivity index (χ4v) is 2.70. The Morgan fingerprint density at radius 3 is 2.78 bits per heavy atom. The summed E-state index contributed by atoms with van der Waals surface area (Å²) in [6.45, 7) is 2.37. The van der Waals surface area contributed by atoms with Gasteiger partial charge in [0.25, 0.3) is 5.91 Å². The number of H-pyrrole nitrogens is 1. The van der Waals surface area contributed by atoms with Gasteiger partial charge >= 0.3 is 0 Å². The van der Waals surface area contributed by atoms with Crippen molar-refractivity contribution in [3.63, 3.8) is 0 Å². The SMILES string of the molecule is Cc1ccc(-c2cc(C(=O)N(C)Cc3ccccc3Br)n[nH]2)o1. The van der Waals surface area contributed by atoms with Crippen LogP contribution in [0.3, 0.4) is 0 Å². The Labute approximate surface area is 142 Å². The lowest BCUT2D eigenvalue weighted by atomic mass is 10.2. The van der Waals surface area contributed by atoms with Crippen LogP contribution in [0.25, 0.3) is 11.5 Å². The highest BCUT2D eigenvalue weighted by Gasteiger charge is 2.17. The Kier molecular flexibility index (Phi) is 4.34. The zero-order valence-corrected chi connectivity index (χ0v) is 14.4. The zero-order valence-electron chi connectivity index (χ0n) is 12.8. The molecule has 1 amide bonds. The zero-order chi connectivity index (χ0) is 16.4. The standard InChI is InChI=1S/C17H16BrN3O2/c1-11-7-8-16(23-11)14-9-15(20-19-14)17(22)21(2)10-12-5-3-4-6-13(12)18/h3-9H,10H2,1-2H3,(H,19,20). The number of amides is 1. The first-order valence-corrected chi connectivity index (χ1v) is 7.95. The highest BCUT2D eigenvalue weighted by molar-refractivity contribution is 9.10. The molecule has 3 aromatic rings. The molecule has 0 spiro atoms. The summed E-state index contributed by atoms with van der Waals surface area (Å²) in [6.07, 6.45) is 0. The van der Waals surface area contributed by atoms with Gasteiger partial charge in [-0.25, -0.2) is 0 Å². The predicted octanol–water partition coefficient (Wildman–Crippen LogP) is 4.01. The molecule has 1 aromatic carbocycles. The monoisotopic (exact) mass is 373 g/mol. The third-order valence-electron chi connectivity index (χ3n) is 3.51. The van der Waals surface area contributed by atoms with Gasteiger partial charge in [-0.1, -0.05) is 34.1 Å². The third kappa shape index (κ3) is 3.37. The number of halogens is 1. The second-order valence-corrected chi connectivity index (χ2v) is 6.18. The van der Waals surface area contributed by atoms with Crippen LogP contribution in [0, 0.1) is 6.92 Å². The predicted molar refractivity (Wildman–Crippen MR) is 91.0 cm³/mol. The molecule has 3 rings (SSSR count). The lowest BCUT2D eigenvalue weighted by Gasteiger charge is -2.16. The summed E-state index contributed by atoms with van der Waals surface area (Å²) in [4.78, 5) is 14.1. The van der Waals surface area contributed by atoms with Gasteiger partial charge in [0, 0.05) is 24.1 Å². The van der Waals surface area contributed by atoms with Crippen LogP contribution in [-0.2, 0) is 6.54 Å². The molecule has 6 heteroatoms. The maximum atomic E-state index is 12.5. The number of aromatic amines is 1. The number of nitrogens with zero attached hydrogens (tertiary/aromatic N) is 2. The first-order valence-electron chi connectivity index (χ1n) is 7.15. The summed E-state index contributed by atoms with van der Waals surface area (Å²) in [7, 11) is 1.76. The van der Waals surface area contributed by atoms with Gasteiger partial charge < -0.3 is 9.32 Å². The van der Waals surface area contributed by atoms with Crippen LogP contribution in [0.2, 0.25) is 0 Å². The number of hydrogen-bond donors (Lipinski definition) is 1. The molecule has 0 unspecified atom stereocenters. The van der Waals surface area contributed by atoms with Gasteiger partial charge in [-0.05, 0) is 30.7 Å². The van der Waals surface area contributed by atoms with Crippen molar-refractivity contribution in [2.75, 3.05) is 7.05 Å². The van der Waals surface area contributed by atoms with Crippen molar-refractivity contribution in [1.29, 1.82) is 0 Å². The second kappa shape index (κ2) is 6.42. The van der Waals surface area contributed by atoms with Crippen molar-refractivity contribution in [2.45, 2.75) is 13.5 Å². The normalized spacial score (nSPS) is 10.7. The van der Waals surface area contributed by atoms with Gasteiger partial charge in [-0.15, -0.1) is 0 Å². The fourth-order valence-electron chi connectivity index (χ4n) is 2.29. The molecule has 0 bridgehead atoms. The molecule has 0 radical (unpaired) electrons. The molecule has 0 aliphatic carbocycles. The summed E-state index contributed by atoms with van der Waals surface area (Å²) in [5, 5.41) is 6.94. The van der Waals surface area contributed by atoms with Crippen molar-refractivity contribution in [2.24, 2.45) is 0 Å². The Morgan fingerprint density at radius 2 is 2.09 bits per heavy atom. The maximum absolute atomic E-state index is 12.5. The number of aryl methyl sites for hydroxylation is 1. The molecular weight excluding hydrogens is 358 g/mol. The highest BCUT2D eigenvalue weighted by Crippen LogP contribution is 2.22. The summed E-state index contributed by atoms with van der Waals surface area (Å²) >= 11 is 3.49. The van der Waals surface area contributed by atoms with Crippen LogP contribution in [0.4, 0.5) is 0 Å². The van der Waals surface area contributed by atoms with E-state index in [9.17, 15) is 4.79 Å². The number of furan rings is 1. The van der Waals surface area contributed by atoms with Gasteiger partial charge in [-0.3, -0.25) is 9.89 Å². The molecule has 2 heterocycles. The van der Waals surface area contributed by atoms with Gasteiger partial charge in [0.2, 0.25) is 0 Å². The van der Waals surface area contributed by atoms with E-state index in [0.717, 1.165) is 15.8 Å². The van der Waals surface area contributed by atoms with Crippen LogP contribution >= 0.6 is 15.9 Å². The highest BCUT2D eigenvalue weighted by atomic mass is 79.9. The number of carbonyl (C=O) groups is 1. The van der Waals surface area contributed by atoms with Crippen LogP contribution in [-0.4, -0.2) is 28.1 Å². The minimum absolute atomic E-state index is 0.147. The summed E-state index contributed by atoms with van der Waals surface area (Å²) < 4.78 is 6.51. The summed E-state index contributed by atoms with van der Waals surface area (Å²) in [5.41, 5.74) is 2.10. The number of nitrogens with one attached hydrogen (secondary N) is 1. The largest absolute Gasteiger partial charge is 0.460 e. The molecule has 0 saturated heterocycles. The van der Waals surface area contributed by atoms with E-state index in [1.54, 1.807) is 18.0 Å². The lowest BCUT2D eigenvalue weighted by Crippen LogP contribution is -2.26. The Morgan fingerprint density at radius 1 is 1.30 bits per heavy atom. The molecule has 2 aromatic heterocycles.